The van der Waals surface area contributed by atoms with Gasteiger partial charge in [-0.1, -0.05) is 13.8 Å². The number of anilines is 1. The van der Waals surface area contributed by atoms with E-state index in [2.05, 4.69) is 24.1 Å². The van der Waals surface area contributed by atoms with Gasteiger partial charge in [-0.05, 0) is 12.3 Å². The largest absolute Gasteiger partial charge is 0.361 e. The Bertz CT molecular complexity index is 425. The van der Waals surface area contributed by atoms with Crippen LogP contribution < -0.4 is 5.32 Å². The normalized spacial score (nSPS) is 21.5. The molecule has 0 unspecified atom stereocenters. The number of hydrogen-bond donors (Lipinski definition) is 1. The van der Waals surface area contributed by atoms with Gasteiger partial charge in [0.25, 0.3) is 0 Å². The van der Waals surface area contributed by atoms with Crippen LogP contribution in [0.15, 0.2) is 0 Å². The Balaban J connectivity index is 1.71. The van der Waals surface area contributed by atoms with Gasteiger partial charge in [0.05, 0.1) is 18.9 Å². The Hall–Kier alpha value is -0.650. The van der Waals surface area contributed by atoms with Crippen molar-refractivity contribution in [1.82, 2.24) is 4.98 Å². The predicted octanol–water partition coefficient (Wildman–Crippen LogP) is 2.44. The van der Waals surface area contributed by atoms with Gasteiger partial charge in [0.1, 0.15) is 0 Å². The lowest BCUT2D eigenvalue weighted by Gasteiger charge is -2.30. The maximum Gasteiger partial charge on any atom is 0.183 e. The lowest BCUT2D eigenvalue weighted by Crippen LogP contribution is -2.36. The standard InChI is InChI=1S/C13H20N2O2S/c1-9(2)8-14-12-15-10-3-4-13(7-11(10)18-12)16-5-6-17-13/h9H,3-8H2,1-2H3,(H,14,15). The van der Waals surface area contributed by atoms with E-state index in [0.717, 1.165) is 44.2 Å². The molecule has 0 bridgehead atoms. The summed E-state index contributed by atoms with van der Waals surface area (Å²) in [4.78, 5) is 6.00. The van der Waals surface area contributed by atoms with Gasteiger partial charge in [-0.15, -0.1) is 11.3 Å². The first kappa shape index (κ1) is 12.4. The topological polar surface area (TPSA) is 43.4 Å². The lowest BCUT2D eigenvalue weighted by atomic mass is 9.96. The highest BCUT2D eigenvalue weighted by molar-refractivity contribution is 7.15. The van der Waals surface area contributed by atoms with E-state index >= 15 is 0 Å². The van der Waals surface area contributed by atoms with E-state index in [9.17, 15) is 0 Å². The maximum absolute atomic E-state index is 5.78. The van der Waals surface area contributed by atoms with Crippen LogP contribution in [0.25, 0.3) is 0 Å². The van der Waals surface area contributed by atoms with Crippen LogP contribution in [0.2, 0.25) is 0 Å². The second-order valence-electron chi connectivity index (χ2n) is 5.45. The zero-order chi connectivity index (χ0) is 12.6. The first-order valence-corrected chi connectivity index (χ1v) is 7.49. The highest BCUT2D eigenvalue weighted by Gasteiger charge is 2.41. The summed E-state index contributed by atoms with van der Waals surface area (Å²) in [6, 6.07) is 0. The van der Waals surface area contributed by atoms with Gasteiger partial charge in [0, 0.05) is 24.3 Å². The van der Waals surface area contributed by atoms with Crippen LogP contribution in [0.5, 0.6) is 0 Å². The molecular weight excluding hydrogens is 248 g/mol. The first-order valence-electron chi connectivity index (χ1n) is 6.67. The predicted molar refractivity (Wildman–Crippen MR) is 72.1 cm³/mol. The number of nitrogens with zero attached hydrogens (tertiary/aromatic N) is 1. The molecule has 0 radical (unpaired) electrons. The van der Waals surface area contributed by atoms with E-state index in [0.29, 0.717) is 5.92 Å². The molecule has 0 saturated carbocycles. The number of aryl methyl sites for hydroxylation is 1. The Morgan fingerprint density at radius 3 is 2.89 bits per heavy atom. The van der Waals surface area contributed by atoms with Crippen LogP contribution in [0.4, 0.5) is 5.13 Å². The molecule has 1 aromatic rings. The third kappa shape index (κ3) is 2.39. The van der Waals surface area contributed by atoms with Gasteiger partial charge in [-0.25, -0.2) is 4.98 Å². The zero-order valence-corrected chi connectivity index (χ0v) is 11.8. The molecule has 1 fully saturated rings. The molecule has 2 aliphatic rings. The number of nitrogens with one attached hydrogen (secondary N) is 1. The molecule has 3 rings (SSSR count). The Kier molecular flexibility index (Phi) is 3.30. The molecule has 1 N–H and O–H groups in total. The molecule has 1 aliphatic carbocycles. The van der Waals surface area contributed by atoms with Crippen LogP contribution in [-0.4, -0.2) is 30.5 Å². The number of aromatic nitrogens is 1. The molecule has 1 aromatic heterocycles. The fourth-order valence-electron chi connectivity index (χ4n) is 2.47. The minimum absolute atomic E-state index is 0.338. The monoisotopic (exact) mass is 268 g/mol. The summed E-state index contributed by atoms with van der Waals surface area (Å²) >= 11 is 1.76. The molecule has 100 valence electrons. The summed E-state index contributed by atoms with van der Waals surface area (Å²) in [5, 5.41) is 4.45. The van der Waals surface area contributed by atoms with Crippen molar-refractivity contribution in [3.8, 4) is 0 Å². The van der Waals surface area contributed by atoms with Crippen molar-refractivity contribution in [3.05, 3.63) is 10.6 Å². The summed E-state index contributed by atoms with van der Waals surface area (Å²) in [7, 11) is 0. The molecule has 5 heteroatoms. The number of thiazole rings is 1. The second kappa shape index (κ2) is 4.79. The van der Waals surface area contributed by atoms with Crippen LogP contribution >= 0.6 is 11.3 Å². The van der Waals surface area contributed by atoms with E-state index in [4.69, 9.17) is 9.47 Å². The molecular formula is C13H20N2O2S. The third-order valence-electron chi connectivity index (χ3n) is 3.43. The highest BCUT2D eigenvalue weighted by Crippen LogP contribution is 2.38. The average Bonchev–Trinajstić information content (AvgIpc) is 2.93. The van der Waals surface area contributed by atoms with Crippen molar-refractivity contribution >= 4 is 16.5 Å². The van der Waals surface area contributed by atoms with Crippen molar-refractivity contribution in [2.75, 3.05) is 25.1 Å². The van der Waals surface area contributed by atoms with Crippen LogP contribution in [-0.2, 0) is 22.3 Å². The molecule has 18 heavy (non-hydrogen) atoms. The van der Waals surface area contributed by atoms with Gasteiger partial charge in [0.15, 0.2) is 10.9 Å². The van der Waals surface area contributed by atoms with Gasteiger partial charge in [0.2, 0.25) is 0 Å². The Morgan fingerprint density at radius 2 is 2.17 bits per heavy atom. The lowest BCUT2D eigenvalue weighted by molar-refractivity contribution is -0.163. The van der Waals surface area contributed by atoms with Crippen molar-refractivity contribution in [3.63, 3.8) is 0 Å². The first-order chi connectivity index (χ1) is 8.67. The molecule has 1 saturated heterocycles. The summed E-state index contributed by atoms with van der Waals surface area (Å²) in [5.74, 6) is 0.299. The van der Waals surface area contributed by atoms with Crippen molar-refractivity contribution in [1.29, 1.82) is 0 Å². The smallest absolute Gasteiger partial charge is 0.183 e. The third-order valence-corrected chi connectivity index (χ3v) is 4.48. The van der Waals surface area contributed by atoms with Crippen molar-refractivity contribution < 1.29 is 9.47 Å². The molecule has 1 spiro atoms. The van der Waals surface area contributed by atoms with Crippen LogP contribution in [0.3, 0.4) is 0 Å². The average molecular weight is 268 g/mol. The number of hydrogen-bond acceptors (Lipinski definition) is 5. The van der Waals surface area contributed by atoms with Gasteiger partial charge >= 0.3 is 0 Å². The molecule has 2 heterocycles. The van der Waals surface area contributed by atoms with E-state index in [1.54, 1.807) is 11.3 Å². The highest BCUT2D eigenvalue weighted by atomic mass is 32.1. The fourth-order valence-corrected chi connectivity index (χ4v) is 3.57. The summed E-state index contributed by atoms with van der Waals surface area (Å²) in [6.45, 7) is 6.84. The molecule has 0 amide bonds. The Morgan fingerprint density at radius 1 is 1.39 bits per heavy atom. The number of ether oxygens (including phenoxy) is 2. The van der Waals surface area contributed by atoms with E-state index in [-0.39, 0.29) is 5.79 Å². The van der Waals surface area contributed by atoms with Crippen LogP contribution in [0.1, 0.15) is 30.8 Å². The maximum atomic E-state index is 5.78. The molecule has 0 aromatic carbocycles. The summed E-state index contributed by atoms with van der Waals surface area (Å²) < 4.78 is 11.6. The van der Waals surface area contributed by atoms with Gasteiger partial charge < -0.3 is 14.8 Å². The van der Waals surface area contributed by atoms with Crippen molar-refractivity contribution in [2.45, 2.75) is 38.9 Å². The van der Waals surface area contributed by atoms with E-state index in [1.165, 1.54) is 10.6 Å². The summed E-state index contributed by atoms with van der Waals surface area (Å²) in [5.41, 5.74) is 1.23. The van der Waals surface area contributed by atoms with E-state index < -0.39 is 0 Å². The van der Waals surface area contributed by atoms with Crippen LogP contribution in [0, 0.1) is 5.92 Å². The minimum atomic E-state index is -0.338. The minimum Gasteiger partial charge on any atom is -0.361 e. The molecule has 4 nitrogen and oxygen atoms in total. The number of rotatable bonds is 3. The van der Waals surface area contributed by atoms with E-state index in [1.807, 2.05) is 0 Å². The quantitative estimate of drug-likeness (QED) is 0.914. The fraction of sp³-hybridized carbons (Fsp3) is 0.769. The SMILES string of the molecule is CC(C)CNc1nc2c(s1)CC1(CC2)OCCO1. The molecule has 0 atom stereocenters. The molecule has 1 aliphatic heterocycles. The summed E-state index contributed by atoms with van der Waals surface area (Å²) in [6.07, 6.45) is 2.77. The van der Waals surface area contributed by atoms with Gasteiger partial charge in [-0.3, -0.25) is 0 Å². The zero-order valence-electron chi connectivity index (χ0n) is 11.0. The van der Waals surface area contributed by atoms with Crippen molar-refractivity contribution in [2.24, 2.45) is 5.92 Å². The number of fused-ring (bicyclic) bond motifs is 1. The second-order valence-corrected chi connectivity index (χ2v) is 6.53. The Labute approximate surface area is 112 Å². The van der Waals surface area contributed by atoms with Gasteiger partial charge in [-0.2, -0.15) is 0 Å².